The van der Waals surface area contributed by atoms with Crippen molar-refractivity contribution in [3.63, 3.8) is 0 Å². The fourth-order valence-corrected chi connectivity index (χ4v) is 2.34. The summed E-state index contributed by atoms with van der Waals surface area (Å²) in [5, 5.41) is 4.14. The molecule has 5 heteroatoms. The summed E-state index contributed by atoms with van der Waals surface area (Å²) in [7, 11) is 1.87. The van der Waals surface area contributed by atoms with Gasteiger partial charge in [0, 0.05) is 37.8 Å². The molecule has 2 heterocycles. The summed E-state index contributed by atoms with van der Waals surface area (Å²) in [6.45, 7) is 2.84. The number of amides is 1. The van der Waals surface area contributed by atoms with E-state index in [4.69, 9.17) is 5.73 Å². The molecule has 2 rings (SSSR count). The summed E-state index contributed by atoms with van der Waals surface area (Å²) >= 11 is 0. The molecule has 1 aliphatic heterocycles. The lowest BCUT2D eigenvalue weighted by Gasteiger charge is -2.25. The van der Waals surface area contributed by atoms with Gasteiger partial charge in [0.2, 0.25) is 5.91 Å². The minimum atomic E-state index is -0.108. The Bertz CT molecular complexity index is 387. The highest BCUT2D eigenvalue weighted by Crippen LogP contribution is 2.31. The molecule has 0 aromatic carbocycles. The Hall–Kier alpha value is -1.36. The SMILES string of the molecule is CCCN1C(=O)C[C@H](N)[C@H]1c1cnn(C)c1. The van der Waals surface area contributed by atoms with E-state index in [-0.39, 0.29) is 18.0 Å². The van der Waals surface area contributed by atoms with Crippen molar-refractivity contribution < 1.29 is 4.79 Å². The lowest BCUT2D eigenvalue weighted by molar-refractivity contribution is -0.129. The molecule has 0 spiro atoms. The van der Waals surface area contributed by atoms with E-state index in [0.29, 0.717) is 6.42 Å². The predicted octanol–water partition coefficient (Wildman–Crippen LogP) is 0.431. The molecule has 1 fully saturated rings. The first-order valence-electron chi connectivity index (χ1n) is 5.67. The van der Waals surface area contributed by atoms with Gasteiger partial charge in [0.25, 0.3) is 0 Å². The minimum Gasteiger partial charge on any atom is -0.334 e. The summed E-state index contributed by atoms with van der Waals surface area (Å²) in [6, 6.07) is -0.107. The smallest absolute Gasteiger partial charge is 0.224 e. The van der Waals surface area contributed by atoms with Gasteiger partial charge in [-0.3, -0.25) is 9.48 Å². The Morgan fingerprint density at radius 1 is 1.62 bits per heavy atom. The van der Waals surface area contributed by atoms with E-state index in [1.54, 1.807) is 10.9 Å². The van der Waals surface area contributed by atoms with Crippen LogP contribution >= 0.6 is 0 Å². The third-order valence-corrected chi connectivity index (χ3v) is 3.00. The lowest BCUT2D eigenvalue weighted by Crippen LogP contribution is -2.33. The number of nitrogens with zero attached hydrogens (tertiary/aromatic N) is 3. The first-order valence-corrected chi connectivity index (χ1v) is 5.67. The number of rotatable bonds is 3. The van der Waals surface area contributed by atoms with E-state index in [1.807, 2.05) is 18.1 Å². The van der Waals surface area contributed by atoms with Gasteiger partial charge in [0.15, 0.2) is 0 Å². The predicted molar refractivity (Wildman–Crippen MR) is 60.5 cm³/mol. The normalized spacial score (nSPS) is 25.4. The first-order chi connectivity index (χ1) is 7.63. The van der Waals surface area contributed by atoms with E-state index in [2.05, 4.69) is 12.0 Å². The number of aryl methyl sites for hydroxylation is 1. The molecule has 1 amide bonds. The molecular formula is C11H18N4O. The summed E-state index contributed by atoms with van der Waals surface area (Å²) in [4.78, 5) is 13.7. The van der Waals surface area contributed by atoms with Crippen molar-refractivity contribution in [2.75, 3.05) is 6.54 Å². The summed E-state index contributed by atoms with van der Waals surface area (Å²) in [5.74, 6) is 0.156. The van der Waals surface area contributed by atoms with Crippen molar-refractivity contribution >= 4 is 5.91 Å². The molecule has 1 aromatic heterocycles. The zero-order valence-corrected chi connectivity index (χ0v) is 9.76. The molecule has 1 saturated heterocycles. The lowest BCUT2D eigenvalue weighted by atomic mass is 10.0. The topological polar surface area (TPSA) is 64.2 Å². The third-order valence-electron chi connectivity index (χ3n) is 3.00. The summed E-state index contributed by atoms with van der Waals surface area (Å²) in [5.41, 5.74) is 7.07. The van der Waals surface area contributed by atoms with Gasteiger partial charge in [-0.25, -0.2) is 0 Å². The highest BCUT2D eigenvalue weighted by molar-refractivity contribution is 5.80. The first kappa shape index (κ1) is 11.1. The molecule has 0 aliphatic carbocycles. The van der Waals surface area contributed by atoms with Crippen LogP contribution in [0, 0.1) is 0 Å². The second kappa shape index (κ2) is 4.25. The van der Waals surface area contributed by atoms with Gasteiger partial charge >= 0.3 is 0 Å². The molecule has 0 radical (unpaired) electrons. The molecule has 16 heavy (non-hydrogen) atoms. The molecular weight excluding hydrogens is 204 g/mol. The van der Waals surface area contributed by atoms with Crippen molar-refractivity contribution in [2.45, 2.75) is 31.8 Å². The Morgan fingerprint density at radius 3 is 2.94 bits per heavy atom. The standard InChI is InChI=1S/C11H18N4O/c1-3-4-15-10(16)5-9(12)11(15)8-6-13-14(2)7-8/h6-7,9,11H,3-5,12H2,1-2H3/t9-,11+/m0/s1. The Labute approximate surface area is 95.2 Å². The molecule has 1 aromatic rings. The van der Waals surface area contributed by atoms with Crippen LogP contribution in [0.5, 0.6) is 0 Å². The number of likely N-dealkylation sites (tertiary alicyclic amines) is 1. The molecule has 0 saturated carbocycles. The molecule has 0 bridgehead atoms. The molecule has 5 nitrogen and oxygen atoms in total. The number of carbonyl (C=O) groups is 1. The monoisotopic (exact) mass is 222 g/mol. The molecule has 2 atom stereocenters. The van der Waals surface area contributed by atoms with Crippen molar-refractivity contribution in [2.24, 2.45) is 12.8 Å². The molecule has 1 aliphatic rings. The average Bonchev–Trinajstić information content (AvgIpc) is 2.73. The summed E-state index contributed by atoms with van der Waals surface area (Å²) in [6.07, 6.45) is 5.13. The van der Waals surface area contributed by atoms with Gasteiger partial charge in [-0.15, -0.1) is 0 Å². The number of hydrogen-bond acceptors (Lipinski definition) is 3. The highest BCUT2D eigenvalue weighted by atomic mass is 16.2. The maximum atomic E-state index is 11.8. The van der Waals surface area contributed by atoms with Crippen LogP contribution in [0.25, 0.3) is 0 Å². The zero-order chi connectivity index (χ0) is 11.7. The van der Waals surface area contributed by atoms with Crippen LogP contribution in [-0.4, -0.2) is 33.2 Å². The molecule has 0 unspecified atom stereocenters. The van der Waals surface area contributed by atoms with Gasteiger partial charge in [-0.05, 0) is 6.42 Å². The highest BCUT2D eigenvalue weighted by Gasteiger charge is 2.38. The van der Waals surface area contributed by atoms with Crippen LogP contribution in [-0.2, 0) is 11.8 Å². The van der Waals surface area contributed by atoms with Crippen LogP contribution < -0.4 is 5.73 Å². The van der Waals surface area contributed by atoms with E-state index in [1.165, 1.54) is 0 Å². The van der Waals surface area contributed by atoms with Crippen LogP contribution in [0.2, 0.25) is 0 Å². The minimum absolute atomic E-state index is 0.00106. The van der Waals surface area contributed by atoms with Gasteiger partial charge in [-0.2, -0.15) is 5.10 Å². The zero-order valence-electron chi connectivity index (χ0n) is 9.76. The summed E-state index contributed by atoms with van der Waals surface area (Å²) < 4.78 is 1.75. The Kier molecular flexibility index (Phi) is 2.96. The van der Waals surface area contributed by atoms with E-state index >= 15 is 0 Å². The molecule has 2 N–H and O–H groups in total. The van der Waals surface area contributed by atoms with Gasteiger partial charge in [-0.1, -0.05) is 6.92 Å². The van der Waals surface area contributed by atoms with Gasteiger partial charge in [0.1, 0.15) is 0 Å². The van der Waals surface area contributed by atoms with Crippen LogP contribution in [0.15, 0.2) is 12.4 Å². The van der Waals surface area contributed by atoms with E-state index in [0.717, 1.165) is 18.5 Å². The van der Waals surface area contributed by atoms with Crippen LogP contribution in [0.1, 0.15) is 31.4 Å². The van der Waals surface area contributed by atoms with Crippen molar-refractivity contribution in [1.82, 2.24) is 14.7 Å². The quantitative estimate of drug-likeness (QED) is 0.806. The fraction of sp³-hybridized carbons (Fsp3) is 0.636. The van der Waals surface area contributed by atoms with Crippen molar-refractivity contribution in [3.05, 3.63) is 18.0 Å². The number of hydrogen-bond donors (Lipinski definition) is 1. The van der Waals surface area contributed by atoms with Crippen LogP contribution in [0.3, 0.4) is 0 Å². The van der Waals surface area contributed by atoms with Gasteiger partial charge < -0.3 is 10.6 Å². The number of nitrogens with two attached hydrogens (primary N) is 1. The van der Waals surface area contributed by atoms with Gasteiger partial charge in [0.05, 0.1) is 12.2 Å². The van der Waals surface area contributed by atoms with Crippen molar-refractivity contribution in [3.8, 4) is 0 Å². The largest absolute Gasteiger partial charge is 0.334 e. The number of aromatic nitrogens is 2. The second-order valence-corrected chi connectivity index (χ2v) is 4.35. The number of carbonyl (C=O) groups excluding carboxylic acids is 1. The fourth-order valence-electron chi connectivity index (χ4n) is 2.34. The third kappa shape index (κ3) is 1.82. The Balaban J connectivity index is 2.26. The van der Waals surface area contributed by atoms with E-state index < -0.39 is 0 Å². The molecule has 88 valence electrons. The maximum absolute atomic E-state index is 11.8. The Morgan fingerprint density at radius 2 is 2.38 bits per heavy atom. The van der Waals surface area contributed by atoms with Crippen molar-refractivity contribution in [1.29, 1.82) is 0 Å². The maximum Gasteiger partial charge on any atom is 0.224 e. The van der Waals surface area contributed by atoms with E-state index in [9.17, 15) is 4.79 Å². The average molecular weight is 222 g/mol. The second-order valence-electron chi connectivity index (χ2n) is 4.35. The van der Waals surface area contributed by atoms with Crippen LogP contribution in [0.4, 0.5) is 0 Å².